The molecule has 0 amide bonds. The van der Waals surface area contributed by atoms with E-state index in [-0.39, 0.29) is 5.97 Å². The number of hydrogen-bond donors (Lipinski definition) is 0. The lowest BCUT2D eigenvalue weighted by atomic mass is 9.88. The molecule has 0 unspecified atom stereocenters. The van der Waals surface area contributed by atoms with Crippen molar-refractivity contribution in [1.29, 1.82) is 0 Å². The highest BCUT2D eigenvalue weighted by Crippen LogP contribution is 2.36. The number of esters is 1. The molecule has 0 heterocycles. The van der Waals surface area contributed by atoms with Gasteiger partial charge >= 0.3 is 5.97 Å². The Hall–Kier alpha value is -2.61. The molecule has 1 saturated carbocycles. The van der Waals surface area contributed by atoms with Crippen LogP contribution in [0.15, 0.2) is 36.4 Å². The minimum atomic E-state index is -0.306. The Labute approximate surface area is 222 Å². The molecular formula is C30H44N2O5. The van der Waals surface area contributed by atoms with E-state index in [2.05, 4.69) is 29.8 Å². The molecule has 1 aliphatic carbocycles. The van der Waals surface area contributed by atoms with Crippen molar-refractivity contribution in [1.82, 2.24) is 4.90 Å². The zero-order valence-corrected chi connectivity index (χ0v) is 23.4. The Morgan fingerprint density at radius 1 is 0.892 bits per heavy atom. The van der Waals surface area contributed by atoms with Crippen LogP contribution in [0.4, 0.5) is 5.69 Å². The van der Waals surface area contributed by atoms with Crippen LogP contribution in [0.3, 0.4) is 0 Å². The van der Waals surface area contributed by atoms with Gasteiger partial charge in [0.05, 0.1) is 25.9 Å². The van der Waals surface area contributed by atoms with Crippen molar-refractivity contribution in [3.8, 4) is 16.9 Å². The largest absolute Gasteiger partial charge is 0.491 e. The van der Waals surface area contributed by atoms with Crippen LogP contribution < -0.4 is 9.64 Å². The maximum absolute atomic E-state index is 12.8. The zero-order chi connectivity index (χ0) is 26.8. The molecular weight excluding hydrogens is 468 g/mol. The molecule has 3 rings (SSSR count). The Bertz CT molecular complexity index is 986. The Morgan fingerprint density at radius 2 is 1.54 bits per heavy atom. The summed E-state index contributed by atoms with van der Waals surface area (Å²) in [5, 5.41) is 0. The third kappa shape index (κ3) is 7.46. The second-order valence-corrected chi connectivity index (χ2v) is 9.75. The number of methoxy groups -OCH3 is 3. The fourth-order valence-electron chi connectivity index (χ4n) is 5.33. The van der Waals surface area contributed by atoms with Crippen molar-refractivity contribution in [3.05, 3.63) is 47.5 Å². The van der Waals surface area contributed by atoms with Crippen LogP contribution in [-0.4, -0.2) is 84.2 Å². The van der Waals surface area contributed by atoms with Crippen molar-refractivity contribution in [2.24, 2.45) is 0 Å². The van der Waals surface area contributed by atoms with Gasteiger partial charge in [0.1, 0.15) is 12.4 Å². The van der Waals surface area contributed by atoms with Crippen LogP contribution in [0.25, 0.3) is 11.1 Å². The van der Waals surface area contributed by atoms with E-state index in [1.54, 1.807) is 14.2 Å². The number of ether oxygens (including phenoxy) is 4. The van der Waals surface area contributed by atoms with Gasteiger partial charge in [-0.25, -0.2) is 4.79 Å². The summed E-state index contributed by atoms with van der Waals surface area (Å²) in [6, 6.07) is 13.2. The van der Waals surface area contributed by atoms with Gasteiger partial charge in [0.15, 0.2) is 0 Å². The number of anilines is 1. The summed E-state index contributed by atoms with van der Waals surface area (Å²) in [7, 11) is 7.06. The number of hydrogen-bond acceptors (Lipinski definition) is 7. The number of likely N-dealkylation sites (N-methyl/N-ethyl adjacent to an activating group) is 1. The normalized spacial score (nSPS) is 17.6. The molecule has 2 aromatic rings. The molecule has 0 spiro atoms. The van der Waals surface area contributed by atoms with Crippen molar-refractivity contribution < 1.29 is 23.7 Å². The highest BCUT2D eigenvalue weighted by molar-refractivity contribution is 5.95. The zero-order valence-electron chi connectivity index (χ0n) is 23.4. The molecule has 7 heteroatoms. The monoisotopic (exact) mass is 512 g/mol. The van der Waals surface area contributed by atoms with Crippen LogP contribution in [0, 0.1) is 6.92 Å². The van der Waals surface area contributed by atoms with Gasteiger partial charge in [-0.15, -0.1) is 0 Å². The third-order valence-corrected chi connectivity index (χ3v) is 7.56. The lowest BCUT2D eigenvalue weighted by Crippen LogP contribution is -2.44. The highest BCUT2D eigenvalue weighted by Gasteiger charge is 2.29. The maximum atomic E-state index is 12.8. The molecule has 0 radical (unpaired) electrons. The SMILES string of the molecule is CCN(c1cc(-c2ccc(OCCOC)cc2)cc(C(=O)OC)c1C)C1CCC(N(C)CCOC)CC1. The molecule has 0 saturated heterocycles. The van der Waals surface area contributed by atoms with E-state index < -0.39 is 0 Å². The minimum absolute atomic E-state index is 0.306. The van der Waals surface area contributed by atoms with Gasteiger partial charge in [0.2, 0.25) is 0 Å². The van der Waals surface area contributed by atoms with Crippen LogP contribution in [0.2, 0.25) is 0 Å². The van der Waals surface area contributed by atoms with Crippen LogP contribution in [-0.2, 0) is 14.2 Å². The van der Waals surface area contributed by atoms with E-state index >= 15 is 0 Å². The fraction of sp³-hybridized carbons (Fsp3) is 0.567. The topological polar surface area (TPSA) is 60.5 Å². The number of carbonyl (C=O) groups excluding carboxylic acids is 1. The Balaban J connectivity index is 1.86. The molecule has 0 atom stereocenters. The van der Waals surface area contributed by atoms with E-state index in [9.17, 15) is 4.79 Å². The first-order valence-corrected chi connectivity index (χ1v) is 13.3. The highest BCUT2D eigenvalue weighted by atomic mass is 16.5. The van der Waals surface area contributed by atoms with Gasteiger partial charge in [-0.1, -0.05) is 12.1 Å². The smallest absolute Gasteiger partial charge is 0.338 e. The van der Waals surface area contributed by atoms with Crippen LogP contribution in [0.1, 0.15) is 48.5 Å². The quantitative estimate of drug-likeness (QED) is 0.270. The van der Waals surface area contributed by atoms with E-state index in [4.69, 9.17) is 18.9 Å². The van der Waals surface area contributed by atoms with Crippen molar-refractivity contribution in [3.63, 3.8) is 0 Å². The summed E-state index contributed by atoms with van der Waals surface area (Å²) < 4.78 is 21.2. The predicted octanol–water partition coefficient (Wildman–Crippen LogP) is 5.19. The number of rotatable bonds is 13. The summed E-state index contributed by atoms with van der Waals surface area (Å²) >= 11 is 0. The van der Waals surface area contributed by atoms with Gasteiger partial charge < -0.3 is 28.7 Å². The van der Waals surface area contributed by atoms with Gasteiger partial charge in [-0.2, -0.15) is 0 Å². The average molecular weight is 513 g/mol. The first-order chi connectivity index (χ1) is 17.9. The molecule has 0 aromatic heterocycles. The molecule has 0 aliphatic heterocycles. The van der Waals surface area contributed by atoms with E-state index in [1.165, 1.54) is 7.11 Å². The standard InChI is InChI=1S/C30H44N2O5/c1-7-32(26-12-10-25(11-13-26)31(3)16-17-34-4)29-21-24(20-28(22(29)2)30(33)36-6)23-8-14-27(15-9-23)37-19-18-35-5/h8-9,14-15,20-21,25-26H,7,10-13,16-19H2,1-6H3. The van der Waals surface area contributed by atoms with Gasteiger partial charge in [-0.3, -0.25) is 0 Å². The Kier molecular flexibility index (Phi) is 11.2. The second kappa shape index (κ2) is 14.4. The van der Waals surface area contributed by atoms with Gasteiger partial charge in [-0.05, 0) is 87.5 Å². The lowest BCUT2D eigenvalue weighted by Gasteiger charge is -2.41. The minimum Gasteiger partial charge on any atom is -0.491 e. The van der Waals surface area contributed by atoms with Crippen LogP contribution >= 0.6 is 0 Å². The molecule has 1 fully saturated rings. The van der Waals surface area contributed by atoms with E-state index in [0.717, 1.165) is 73.5 Å². The van der Waals surface area contributed by atoms with Crippen LogP contribution in [0.5, 0.6) is 5.75 Å². The third-order valence-electron chi connectivity index (χ3n) is 7.56. The molecule has 1 aliphatic rings. The lowest BCUT2D eigenvalue weighted by molar-refractivity contribution is 0.0600. The molecule has 0 bridgehead atoms. The fourth-order valence-corrected chi connectivity index (χ4v) is 5.33. The summed E-state index contributed by atoms with van der Waals surface area (Å²) in [4.78, 5) is 17.7. The average Bonchev–Trinajstić information content (AvgIpc) is 2.93. The molecule has 37 heavy (non-hydrogen) atoms. The maximum Gasteiger partial charge on any atom is 0.338 e. The van der Waals surface area contributed by atoms with E-state index in [0.29, 0.717) is 30.9 Å². The van der Waals surface area contributed by atoms with E-state index in [1.807, 2.05) is 37.3 Å². The summed E-state index contributed by atoms with van der Waals surface area (Å²) in [6.07, 6.45) is 4.57. The summed E-state index contributed by atoms with van der Waals surface area (Å²) in [5.74, 6) is 0.489. The predicted molar refractivity (Wildman–Crippen MR) is 149 cm³/mol. The number of nitrogens with zero attached hydrogens (tertiary/aromatic N) is 2. The molecule has 0 N–H and O–H groups in total. The summed E-state index contributed by atoms with van der Waals surface area (Å²) in [6.45, 7) is 7.89. The van der Waals surface area contributed by atoms with Gasteiger partial charge in [0.25, 0.3) is 0 Å². The first-order valence-electron chi connectivity index (χ1n) is 13.3. The number of benzene rings is 2. The number of carbonyl (C=O) groups is 1. The second-order valence-electron chi connectivity index (χ2n) is 9.75. The molecule has 204 valence electrons. The first kappa shape index (κ1) is 29.0. The molecule has 2 aromatic carbocycles. The van der Waals surface area contributed by atoms with Crippen molar-refractivity contribution in [2.45, 2.75) is 51.6 Å². The van der Waals surface area contributed by atoms with Crippen molar-refractivity contribution in [2.75, 3.05) is 66.2 Å². The van der Waals surface area contributed by atoms with Gasteiger partial charge in [0, 0.05) is 45.1 Å². The summed E-state index contributed by atoms with van der Waals surface area (Å²) in [5.41, 5.74) is 4.72. The molecule has 7 nitrogen and oxygen atoms in total. The van der Waals surface area contributed by atoms with Crippen molar-refractivity contribution >= 4 is 11.7 Å². The Morgan fingerprint density at radius 3 is 2.14 bits per heavy atom.